The van der Waals surface area contributed by atoms with Crippen molar-refractivity contribution >= 4 is 34.1 Å². The monoisotopic (exact) mass is 457 g/mol. The first kappa shape index (κ1) is 20.7. The van der Waals surface area contributed by atoms with Crippen molar-refractivity contribution < 1.29 is 4.74 Å². The van der Waals surface area contributed by atoms with Crippen LogP contribution in [0, 0.1) is 0 Å². The molecule has 0 atom stereocenters. The van der Waals surface area contributed by atoms with Gasteiger partial charge in [-0.3, -0.25) is 5.10 Å². The molecule has 0 fully saturated rings. The van der Waals surface area contributed by atoms with E-state index in [9.17, 15) is 0 Å². The third-order valence-corrected chi connectivity index (χ3v) is 5.46. The lowest BCUT2D eigenvalue weighted by atomic mass is 10.0. The van der Waals surface area contributed by atoms with Crippen LogP contribution in [-0.4, -0.2) is 32.2 Å². The summed E-state index contributed by atoms with van der Waals surface area (Å²) in [5, 5.41) is 11.4. The van der Waals surface area contributed by atoms with Gasteiger partial charge in [0.25, 0.3) is 5.88 Å². The minimum absolute atomic E-state index is 0.202. The average molecular weight is 458 g/mol. The summed E-state index contributed by atoms with van der Waals surface area (Å²) in [5.74, 6) is 1.22. The summed E-state index contributed by atoms with van der Waals surface area (Å²) >= 11 is 6.50. The number of rotatable bonds is 6. The quantitative estimate of drug-likeness (QED) is 0.331. The Morgan fingerprint density at radius 1 is 1.00 bits per heavy atom. The molecule has 3 heterocycles. The molecule has 164 valence electrons. The van der Waals surface area contributed by atoms with Gasteiger partial charge < -0.3 is 15.8 Å². The fraction of sp³-hybridized carbons (Fsp3) is 0.0833. The molecule has 0 amide bonds. The van der Waals surface area contributed by atoms with Gasteiger partial charge in [-0.15, -0.1) is 0 Å². The standard InChI is InChI=1S/C24H20ClN7O/c1-27-19-8-7-14(11-28-19)13-33-24-23(26)30-21(15-5-3-2-4-6-15)22(31-24)16-9-17-12-29-32-20(17)18(25)10-16/h2-12H,13H2,1H3,(H2,26,30)(H,27,28)(H,29,32). The van der Waals surface area contributed by atoms with Crippen molar-refractivity contribution in [3.8, 4) is 28.4 Å². The highest BCUT2D eigenvalue weighted by Crippen LogP contribution is 2.36. The van der Waals surface area contributed by atoms with Crippen LogP contribution in [0.15, 0.2) is 67.0 Å². The van der Waals surface area contributed by atoms with E-state index in [2.05, 4.69) is 25.5 Å². The highest BCUT2D eigenvalue weighted by Gasteiger charge is 2.18. The number of fused-ring (bicyclic) bond motifs is 1. The number of anilines is 2. The molecule has 0 saturated heterocycles. The van der Waals surface area contributed by atoms with E-state index >= 15 is 0 Å². The van der Waals surface area contributed by atoms with Gasteiger partial charge >= 0.3 is 0 Å². The first-order valence-electron chi connectivity index (χ1n) is 10.2. The molecular formula is C24H20ClN7O. The number of nitrogens with one attached hydrogen (secondary N) is 2. The van der Waals surface area contributed by atoms with Crippen LogP contribution in [0.3, 0.4) is 0 Å². The molecule has 0 bridgehead atoms. The lowest BCUT2D eigenvalue weighted by Crippen LogP contribution is -2.06. The lowest BCUT2D eigenvalue weighted by Gasteiger charge is -2.14. The van der Waals surface area contributed by atoms with E-state index in [1.807, 2.05) is 61.6 Å². The molecule has 5 rings (SSSR count). The Labute approximate surface area is 194 Å². The second-order valence-corrected chi connectivity index (χ2v) is 7.77. The lowest BCUT2D eigenvalue weighted by molar-refractivity contribution is 0.294. The van der Waals surface area contributed by atoms with Gasteiger partial charge in [0, 0.05) is 35.3 Å². The molecule has 3 aromatic heterocycles. The molecule has 8 nitrogen and oxygen atoms in total. The number of halogens is 1. The number of benzene rings is 2. The van der Waals surface area contributed by atoms with Crippen molar-refractivity contribution in [2.45, 2.75) is 6.61 Å². The summed E-state index contributed by atoms with van der Waals surface area (Å²) in [6.45, 7) is 0.252. The zero-order chi connectivity index (χ0) is 22.8. The van der Waals surface area contributed by atoms with Crippen LogP contribution >= 0.6 is 11.6 Å². The SMILES string of the molecule is CNc1ccc(COc2nc(-c3cc(Cl)c4[nH]ncc4c3)c(-c3ccccc3)nc2N)cn1. The first-order valence-corrected chi connectivity index (χ1v) is 10.6. The third-order valence-electron chi connectivity index (χ3n) is 5.17. The molecule has 33 heavy (non-hydrogen) atoms. The van der Waals surface area contributed by atoms with Gasteiger partial charge in [0.2, 0.25) is 0 Å². The number of ether oxygens (including phenoxy) is 1. The predicted octanol–water partition coefficient (Wildman–Crippen LogP) is 4.94. The van der Waals surface area contributed by atoms with Gasteiger partial charge in [-0.2, -0.15) is 5.10 Å². The summed E-state index contributed by atoms with van der Waals surface area (Å²) in [6.07, 6.45) is 3.46. The third kappa shape index (κ3) is 4.16. The van der Waals surface area contributed by atoms with Crippen LogP contribution in [0.1, 0.15) is 5.56 Å². The van der Waals surface area contributed by atoms with Crippen molar-refractivity contribution in [1.82, 2.24) is 25.1 Å². The predicted molar refractivity (Wildman–Crippen MR) is 130 cm³/mol. The molecular weight excluding hydrogens is 438 g/mol. The van der Waals surface area contributed by atoms with E-state index in [1.54, 1.807) is 12.4 Å². The maximum atomic E-state index is 6.50. The van der Waals surface area contributed by atoms with E-state index < -0.39 is 0 Å². The van der Waals surface area contributed by atoms with Gasteiger partial charge in [0.05, 0.1) is 22.4 Å². The highest BCUT2D eigenvalue weighted by atomic mass is 35.5. The number of H-pyrrole nitrogens is 1. The fourth-order valence-corrected chi connectivity index (χ4v) is 3.77. The number of aromatic amines is 1. The molecule has 4 N–H and O–H groups in total. The number of nitrogen functional groups attached to an aromatic ring is 1. The molecule has 0 saturated carbocycles. The Hall–Kier alpha value is -4.17. The fourth-order valence-electron chi connectivity index (χ4n) is 3.50. The molecule has 0 aliphatic heterocycles. The van der Waals surface area contributed by atoms with E-state index in [0.29, 0.717) is 16.4 Å². The normalized spacial score (nSPS) is 11.0. The molecule has 2 aromatic carbocycles. The van der Waals surface area contributed by atoms with Gasteiger partial charge in [0.15, 0.2) is 5.82 Å². The van der Waals surface area contributed by atoms with Crippen molar-refractivity contribution in [3.05, 3.63) is 77.6 Å². The van der Waals surface area contributed by atoms with Crippen molar-refractivity contribution in [2.24, 2.45) is 0 Å². The second kappa shape index (κ2) is 8.76. The number of hydrogen-bond donors (Lipinski definition) is 3. The minimum atomic E-state index is 0.202. The number of pyridine rings is 1. The number of nitrogens with two attached hydrogens (primary N) is 1. The largest absolute Gasteiger partial charge is 0.470 e. The summed E-state index contributed by atoms with van der Waals surface area (Å²) in [5.41, 5.74) is 10.8. The van der Waals surface area contributed by atoms with Crippen molar-refractivity contribution in [1.29, 1.82) is 0 Å². The van der Waals surface area contributed by atoms with E-state index in [4.69, 9.17) is 27.1 Å². The average Bonchev–Trinajstić information content (AvgIpc) is 3.33. The van der Waals surface area contributed by atoms with Crippen molar-refractivity contribution in [2.75, 3.05) is 18.1 Å². The van der Waals surface area contributed by atoms with Gasteiger partial charge in [0.1, 0.15) is 18.1 Å². The molecule has 0 aliphatic rings. The molecule has 0 spiro atoms. The maximum Gasteiger partial charge on any atom is 0.258 e. The first-order chi connectivity index (χ1) is 16.1. The van der Waals surface area contributed by atoms with E-state index in [0.717, 1.165) is 33.4 Å². The number of nitrogens with zero attached hydrogens (tertiary/aromatic N) is 4. The van der Waals surface area contributed by atoms with Crippen LogP contribution < -0.4 is 15.8 Å². The number of hydrogen-bond acceptors (Lipinski definition) is 7. The smallest absolute Gasteiger partial charge is 0.258 e. The Bertz CT molecular complexity index is 1420. The van der Waals surface area contributed by atoms with Gasteiger partial charge in [-0.05, 0) is 18.2 Å². The van der Waals surface area contributed by atoms with Crippen LogP contribution in [0.25, 0.3) is 33.4 Å². The highest BCUT2D eigenvalue weighted by molar-refractivity contribution is 6.35. The number of aromatic nitrogens is 5. The molecule has 0 aliphatic carbocycles. The maximum absolute atomic E-state index is 6.50. The van der Waals surface area contributed by atoms with Crippen LogP contribution in [0.2, 0.25) is 5.02 Å². The van der Waals surface area contributed by atoms with Crippen LogP contribution in [0.5, 0.6) is 5.88 Å². The minimum Gasteiger partial charge on any atom is -0.470 e. The Balaban J connectivity index is 1.58. The van der Waals surface area contributed by atoms with E-state index in [-0.39, 0.29) is 18.3 Å². The molecule has 5 aromatic rings. The molecule has 9 heteroatoms. The Morgan fingerprint density at radius 2 is 1.82 bits per heavy atom. The summed E-state index contributed by atoms with van der Waals surface area (Å²) in [4.78, 5) is 13.7. The molecule has 0 unspecified atom stereocenters. The zero-order valence-electron chi connectivity index (χ0n) is 17.7. The van der Waals surface area contributed by atoms with Crippen LogP contribution in [0.4, 0.5) is 11.6 Å². The topological polar surface area (TPSA) is 115 Å². The van der Waals surface area contributed by atoms with Crippen molar-refractivity contribution in [3.63, 3.8) is 0 Å². The van der Waals surface area contributed by atoms with E-state index in [1.165, 1.54) is 0 Å². The summed E-state index contributed by atoms with van der Waals surface area (Å²) in [7, 11) is 1.82. The zero-order valence-corrected chi connectivity index (χ0v) is 18.5. The second-order valence-electron chi connectivity index (χ2n) is 7.36. The Kier molecular flexibility index (Phi) is 5.50. The van der Waals surface area contributed by atoms with Gasteiger partial charge in [-0.1, -0.05) is 48.0 Å². The van der Waals surface area contributed by atoms with Gasteiger partial charge in [-0.25, -0.2) is 15.0 Å². The summed E-state index contributed by atoms with van der Waals surface area (Å²) < 4.78 is 5.94. The van der Waals surface area contributed by atoms with Crippen LogP contribution in [-0.2, 0) is 6.61 Å². The Morgan fingerprint density at radius 3 is 2.58 bits per heavy atom. The molecule has 0 radical (unpaired) electrons. The summed E-state index contributed by atoms with van der Waals surface area (Å²) in [6, 6.07) is 17.3.